The lowest BCUT2D eigenvalue weighted by molar-refractivity contribution is -0.141. The predicted octanol–water partition coefficient (Wildman–Crippen LogP) is 3.45. The van der Waals surface area contributed by atoms with Gasteiger partial charge in [0.15, 0.2) is 0 Å². The van der Waals surface area contributed by atoms with Crippen LogP contribution in [0.25, 0.3) is 0 Å². The van der Waals surface area contributed by atoms with Crippen molar-refractivity contribution in [1.82, 2.24) is 0 Å². The number of ether oxygens (including phenoxy) is 1. The quantitative estimate of drug-likeness (QED) is 0.785. The van der Waals surface area contributed by atoms with E-state index in [0.29, 0.717) is 0 Å². The second kappa shape index (κ2) is 7.04. The van der Waals surface area contributed by atoms with Gasteiger partial charge in [-0.15, -0.1) is 0 Å². The molecule has 1 unspecified atom stereocenters. The summed E-state index contributed by atoms with van der Waals surface area (Å²) in [5, 5.41) is 3.26. The number of anilines is 1. The first-order valence-electron chi connectivity index (χ1n) is 6.50. The molecule has 1 aromatic rings. The molecule has 1 rings (SSSR count). The number of esters is 1. The van der Waals surface area contributed by atoms with Crippen LogP contribution >= 0.6 is 0 Å². The molecule has 0 spiro atoms. The molecular weight excluding hydrogens is 226 g/mol. The lowest BCUT2D eigenvalue weighted by atomic mass is 10.1. The molecule has 100 valence electrons. The molecule has 0 aliphatic heterocycles. The number of benzene rings is 1. The highest BCUT2D eigenvalue weighted by atomic mass is 16.5. The molecule has 0 aliphatic rings. The molecule has 0 amide bonds. The smallest absolute Gasteiger partial charge is 0.328 e. The van der Waals surface area contributed by atoms with Crippen LogP contribution in [-0.4, -0.2) is 19.1 Å². The van der Waals surface area contributed by atoms with Crippen LogP contribution in [0.3, 0.4) is 0 Å². The molecule has 0 saturated carbocycles. The standard InChI is InChI=1S/C15H23NO2/c1-5-6-7-14(15(17)18-4)16-13-9-8-11(2)12(3)10-13/h8-10,14,16H,5-7H2,1-4H3. The number of methoxy groups -OCH3 is 1. The Kier molecular flexibility index (Phi) is 5.69. The van der Waals surface area contributed by atoms with Crippen molar-refractivity contribution in [2.75, 3.05) is 12.4 Å². The van der Waals surface area contributed by atoms with Crippen molar-refractivity contribution < 1.29 is 9.53 Å². The van der Waals surface area contributed by atoms with Crippen molar-refractivity contribution in [3.05, 3.63) is 29.3 Å². The van der Waals surface area contributed by atoms with E-state index in [1.807, 2.05) is 6.07 Å². The van der Waals surface area contributed by atoms with Crippen molar-refractivity contribution in [2.45, 2.75) is 46.1 Å². The van der Waals surface area contributed by atoms with Crippen LogP contribution in [0.1, 0.15) is 37.3 Å². The van der Waals surface area contributed by atoms with Crippen LogP contribution in [0.15, 0.2) is 18.2 Å². The van der Waals surface area contributed by atoms with Crippen LogP contribution in [0, 0.1) is 13.8 Å². The van der Waals surface area contributed by atoms with Gasteiger partial charge in [-0.3, -0.25) is 0 Å². The maximum atomic E-state index is 11.7. The van der Waals surface area contributed by atoms with E-state index in [-0.39, 0.29) is 12.0 Å². The summed E-state index contributed by atoms with van der Waals surface area (Å²) in [6, 6.07) is 5.88. The van der Waals surface area contributed by atoms with Crippen LogP contribution in [0.5, 0.6) is 0 Å². The molecule has 1 atom stereocenters. The molecule has 3 heteroatoms. The first-order valence-corrected chi connectivity index (χ1v) is 6.50. The SMILES string of the molecule is CCCCC(Nc1ccc(C)c(C)c1)C(=O)OC. The zero-order chi connectivity index (χ0) is 13.5. The second-order valence-corrected chi connectivity index (χ2v) is 4.66. The van der Waals surface area contributed by atoms with Gasteiger partial charge in [0, 0.05) is 5.69 Å². The van der Waals surface area contributed by atoms with Crippen molar-refractivity contribution >= 4 is 11.7 Å². The molecule has 3 nitrogen and oxygen atoms in total. The Balaban J connectivity index is 2.75. The molecular formula is C15H23NO2. The summed E-state index contributed by atoms with van der Waals surface area (Å²) in [5.74, 6) is -0.193. The van der Waals surface area contributed by atoms with E-state index in [4.69, 9.17) is 4.74 Å². The third-order valence-electron chi connectivity index (χ3n) is 3.18. The number of rotatable bonds is 6. The van der Waals surface area contributed by atoms with Crippen LogP contribution in [-0.2, 0) is 9.53 Å². The average Bonchev–Trinajstić information content (AvgIpc) is 2.37. The summed E-state index contributed by atoms with van der Waals surface area (Å²) in [6.07, 6.45) is 2.88. The second-order valence-electron chi connectivity index (χ2n) is 4.66. The summed E-state index contributed by atoms with van der Waals surface area (Å²) in [6.45, 7) is 6.26. The number of carbonyl (C=O) groups is 1. The van der Waals surface area contributed by atoms with E-state index in [0.717, 1.165) is 24.9 Å². The lowest BCUT2D eigenvalue weighted by Gasteiger charge is -2.18. The molecule has 0 fully saturated rings. The minimum absolute atomic E-state index is 0.193. The molecule has 1 N–H and O–H groups in total. The lowest BCUT2D eigenvalue weighted by Crippen LogP contribution is -2.30. The third kappa shape index (κ3) is 4.06. The number of hydrogen-bond donors (Lipinski definition) is 1. The van der Waals surface area contributed by atoms with Gasteiger partial charge in [0.2, 0.25) is 0 Å². The van der Waals surface area contributed by atoms with Crippen molar-refractivity contribution in [1.29, 1.82) is 0 Å². The minimum Gasteiger partial charge on any atom is -0.467 e. The van der Waals surface area contributed by atoms with Crippen molar-refractivity contribution in [3.8, 4) is 0 Å². The van der Waals surface area contributed by atoms with Gasteiger partial charge in [-0.2, -0.15) is 0 Å². The maximum absolute atomic E-state index is 11.7. The highest BCUT2D eigenvalue weighted by Gasteiger charge is 2.18. The monoisotopic (exact) mass is 249 g/mol. The number of nitrogens with one attached hydrogen (secondary N) is 1. The molecule has 0 saturated heterocycles. The summed E-state index contributed by atoms with van der Waals surface area (Å²) in [4.78, 5) is 11.7. The summed E-state index contributed by atoms with van der Waals surface area (Å²) < 4.78 is 4.83. The summed E-state index contributed by atoms with van der Waals surface area (Å²) >= 11 is 0. The van der Waals surface area contributed by atoms with Gasteiger partial charge in [-0.25, -0.2) is 4.79 Å². The Morgan fingerprint density at radius 2 is 2.06 bits per heavy atom. The van der Waals surface area contributed by atoms with E-state index >= 15 is 0 Å². The Hall–Kier alpha value is -1.51. The third-order valence-corrected chi connectivity index (χ3v) is 3.18. The molecule has 0 heterocycles. The molecule has 0 aliphatic carbocycles. The number of aryl methyl sites for hydroxylation is 2. The van der Waals surface area contributed by atoms with Crippen LogP contribution in [0.2, 0.25) is 0 Å². The van der Waals surface area contributed by atoms with Gasteiger partial charge in [-0.05, 0) is 43.5 Å². The van der Waals surface area contributed by atoms with Gasteiger partial charge in [0.1, 0.15) is 6.04 Å². The average molecular weight is 249 g/mol. The fourth-order valence-electron chi connectivity index (χ4n) is 1.83. The maximum Gasteiger partial charge on any atom is 0.328 e. The zero-order valence-electron chi connectivity index (χ0n) is 11.7. The normalized spacial score (nSPS) is 12.0. The van der Waals surface area contributed by atoms with E-state index in [2.05, 4.69) is 38.2 Å². The Morgan fingerprint density at radius 3 is 2.61 bits per heavy atom. The highest BCUT2D eigenvalue weighted by Crippen LogP contribution is 2.17. The highest BCUT2D eigenvalue weighted by molar-refractivity contribution is 5.79. The zero-order valence-corrected chi connectivity index (χ0v) is 11.7. The number of unbranched alkanes of at least 4 members (excludes halogenated alkanes) is 1. The van der Waals surface area contributed by atoms with Crippen LogP contribution < -0.4 is 5.32 Å². The largest absolute Gasteiger partial charge is 0.467 e. The predicted molar refractivity (Wildman–Crippen MR) is 74.9 cm³/mol. The summed E-state index contributed by atoms with van der Waals surface area (Å²) in [5.41, 5.74) is 3.45. The number of hydrogen-bond acceptors (Lipinski definition) is 3. The molecule has 18 heavy (non-hydrogen) atoms. The first-order chi connectivity index (χ1) is 8.58. The van der Waals surface area contributed by atoms with E-state index in [9.17, 15) is 4.79 Å². The summed E-state index contributed by atoms with van der Waals surface area (Å²) in [7, 11) is 1.43. The van der Waals surface area contributed by atoms with E-state index in [1.165, 1.54) is 18.2 Å². The number of carbonyl (C=O) groups excluding carboxylic acids is 1. The fraction of sp³-hybridized carbons (Fsp3) is 0.533. The first kappa shape index (κ1) is 14.6. The van der Waals surface area contributed by atoms with Gasteiger partial charge >= 0.3 is 5.97 Å². The van der Waals surface area contributed by atoms with Crippen molar-refractivity contribution in [3.63, 3.8) is 0 Å². The molecule has 0 bridgehead atoms. The van der Waals surface area contributed by atoms with Gasteiger partial charge in [0.05, 0.1) is 7.11 Å². The Labute approximate surface area is 110 Å². The van der Waals surface area contributed by atoms with Crippen molar-refractivity contribution in [2.24, 2.45) is 0 Å². The van der Waals surface area contributed by atoms with Gasteiger partial charge < -0.3 is 10.1 Å². The fourth-order valence-corrected chi connectivity index (χ4v) is 1.83. The van der Waals surface area contributed by atoms with E-state index in [1.54, 1.807) is 0 Å². The Morgan fingerprint density at radius 1 is 1.33 bits per heavy atom. The topological polar surface area (TPSA) is 38.3 Å². The van der Waals surface area contributed by atoms with E-state index < -0.39 is 0 Å². The molecule has 0 aromatic heterocycles. The Bertz CT molecular complexity index is 401. The van der Waals surface area contributed by atoms with Gasteiger partial charge in [-0.1, -0.05) is 25.8 Å². The molecule has 0 radical (unpaired) electrons. The molecule has 1 aromatic carbocycles. The van der Waals surface area contributed by atoms with Gasteiger partial charge in [0.25, 0.3) is 0 Å². The van der Waals surface area contributed by atoms with Crippen LogP contribution in [0.4, 0.5) is 5.69 Å². The minimum atomic E-state index is -0.253.